The van der Waals surface area contributed by atoms with E-state index in [2.05, 4.69) is 15.0 Å². The fourth-order valence-electron chi connectivity index (χ4n) is 3.40. The van der Waals surface area contributed by atoms with Gasteiger partial charge in [0.25, 0.3) is 0 Å². The molecule has 3 rings (SSSR count). The number of carbonyl (C=O) groups is 1. The van der Waals surface area contributed by atoms with Gasteiger partial charge in [0.05, 0.1) is 6.04 Å². The summed E-state index contributed by atoms with van der Waals surface area (Å²) in [4.78, 5) is 32.1. The Bertz CT molecular complexity index is 864. The molecule has 2 unspecified atom stereocenters. The monoisotopic (exact) mass is 381 g/mol. The van der Waals surface area contributed by atoms with Crippen molar-refractivity contribution in [3.8, 4) is 0 Å². The van der Waals surface area contributed by atoms with Crippen LogP contribution in [0.5, 0.6) is 0 Å². The minimum Gasteiger partial charge on any atom is -0.347 e. The number of rotatable bonds is 6. The molecule has 1 aromatic heterocycles. The quantitative estimate of drug-likeness (QED) is 0.821. The maximum Gasteiger partial charge on any atom is 0.238 e. The van der Waals surface area contributed by atoms with E-state index in [0.717, 1.165) is 18.7 Å². The fourth-order valence-corrected chi connectivity index (χ4v) is 3.40. The van der Waals surface area contributed by atoms with E-state index in [-0.39, 0.29) is 11.6 Å². The van der Waals surface area contributed by atoms with Crippen molar-refractivity contribution in [1.29, 1.82) is 5.41 Å². The molecular weight excluding hydrogens is 354 g/mol. The Morgan fingerprint density at radius 2 is 1.64 bits per heavy atom. The molecule has 2 aromatic rings. The molecule has 2 heterocycles. The number of ketones is 1. The molecule has 0 saturated carbocycles. The number of hydrogen-bond acceptors (Lipinski definition) is 7. The molecule has 1 saturated heterocycles. The zero-order chi connectivity index (χ0) is 20.4. The van der Waals surface area contributed by atoms with Crippen LogP contribution < -0.4 is 14.7 Å². The van der Waals surface area contributed by atoms with Crippen LogP contribution >= 0.6 is 0 Å². The molecule has 1 aliphatic heterocycles. The maximum atomic E-state index is 13.0. The summed E-state index contributed by atoms with van der Waals surface area (Å²) in [5.41, 5.74) is 0.817. The summed E-state index contributed by atoms with van der Waals surface area (Å²) >= 11 is 0. The number of nitrogens with one attached hydrogen (secondary N) is 1. The van der Waals surface area contributed by atoms with Crippen LogP contribution in [0.25, 0.3) is 0 Å². The molecule has 1 N–H and O–H groups in total. The molecule has 28 heavy (non-hydrogen) atoms. The molecule has 1 fully saturated rings. The van der Waals surface area contributed by atoms with Crippen molar-refractivity contribution in [1.82, 2.24) is 15.0 Å². The molecule has 0 spiro atoms. The van der Waals surface area contributed by atoms with E-state index in [9.17, 15) is 4.79 Å². The van der Waals surface area contributed by atoms with E-state index in [1.54, 1.807) is 16.7 Å². The van der Waals surface area contributed by atoms with Gasteiger partial charge in [0, 0.05) is 27.2 Å². The number of hydrogen-bond donors (Lipinski definition) is 1. The first-order valence-corrected chi connectivity index (χ1v) is 9.53. The Morgan fingerprint density at radius 3 is 2.21 bits per heavy atom. The van der Waals surface area contributed by atoms with Crippen LogP contribution in [0.3, 0.4) is 0 Å². The van der Waals surface area contributed by atoms with Crippen molar-refractivity contribution in [3.05, 3.63) is 35.9 Å². The lowest BCUT2D eigenvalue weighted by Crippen LogP contribution is -2.36. The van der Waals surface area contributed by atoms with Gasteiger partial charge in [-0.05, 0) is 26.3 Å². The summed E-state index contributed by atoms with van der Waals surface area (Å²) in [6.45, 7) is 7.39. The highest BCUT2D eigenvalue weighted by Crippen LogP contribution is 2.33. The first kappa shape index (κ1) is 19.7. The van der Waals surface area contributed by atoms with Crippen molar-refractivity contribution < 1.29 is 4.79 Å². The topological polar surface area (TPSA) is 89.3 Å². The summed E-state index contributed by atoms with van der Waals surface area (Å²) < 4.78 is 0. The number of nitrogens with zero attached hydrogens (tertiary/aromatic N) is 6. The maximum absolute atomic E-state index is 13.0. The number of amidine groups is 1. The van der Waals surface area contributed by atoms with E-state index >= 15 is 0 Å². The van der Waals surface area contributed by atoms with E-state index in [0.29, 0.717) is 17.8 Å². The number of benzene rings is 1. The summed E-state index contributed by atoms with van der Waals surface area (Å²) in [5.74, 6) is 0.965. The Hall–Kier alpha value is -3.03. The van der Waals surface area contributed by atoms with Gasteiger partial charge in [-0.2, -0.15) is 15.0 Å². The molecule has 0 radical (unpaired) electrons. The van der Waals surface area contributed by atoms with Gasteiger partial charge in [-0.15, -0.1) is 0 Å². The first-order chi connectivity index (χ1) is 13.4. The third kappa shape index (κ3) is 3.42. The first-order valence-electron chi connectivity index (χ1n) is 9.53. The minimum absolute atomic E-state index is 0.0209. The van der Waals surface area contributed by atoms with Crippen LogP contribution in [-0.4, -0.2) is 59.8 Å². The van der Waals surface area contributed by atoms with Crippen LogP contribution in [0.4, 0.5) is 17.8 Å². The van der Waals surface area contributed by atoms with E-state index in [4.69, 9.17) is 5.41 Å². The van der Waals surface area contributed by atoms with Crippen LogP contribution in [0.1, 0.15) is 32.3 Å². The highest BCUT2D eigenvalue weighted by atomic mass is 16.1. The number of carbonyl (C=O) groups excluding carboxylic acids is 1. The van der Waals surface area contributed by atoms with Crippen LogP contribution in [0, 0.1) is 5.41 Å². The molecule has 2 atom stereocenters. The van der Waals surface area contributed by atoms with Gasteiger partial charge in [-0.1, -0.05) is 30.3 Å². The molecule has 0 bridgehead atoms. The summed E-state index contributed by atoms with van der Waals surface area (Å²) in [7, 11) is 3.73. The lowest BCUT2D eigenvalue weighted by Gasteiger charge is -2.25. The zero-order valence-corrected chi connectivity index (χ0v) is 17.0. The van der Waals surface area contributed by atoms with E-state index < -0.39 is 12.0 Å². The number of anilines is 3. The van der Waals surface area contributed by atoms with Gasteiger partial charge < -0.3 is 9.80 Å². The van der Waals surface area contributed by atoms with E-state index in [1.807, 2.05) is 63.2 Å². The fraction of sp³-hybridized carbons (Fsp3) is 0.450. The highest BCUT2D eigenvalue weighted by Gasteiger charge is 2.45. The van der Waals surface area contributed by atoms with Gasteiger partial charge in [0.2, 0.25) is 17.8 Å². The zero-order valence-electron chi connectivity index (χ0n) is 17.0. The molecular formula is C20H27N7O. The minimum atomic E-state index is -0.604. The second-order valence-electron chi connectivity index (χ2n) is 6.98. The van der Waals surface area contributed by atoms with Crippen LogP contribution in [0.2, 0.25) is 0 Å². The molecule has 1 aromatic carbocycles. The average Bonchev–Trinajstić information content (AvgIpc) is 2.92. The van der Waals surface area contributed by atoms with Crippen molar-refractivity contribution in [2.24, 2.45) is 0 Å². The van der Waals surface area contributed by atoms with Crippen molar-refractivity contribution in [3.63, 3.8) is 0 Å². The van der Waals surface area contributed by atoms with Gasteiger partial charge in [-0.25, -0.2) is 0 Å². The largest absolute Gasteiger partial charge is 0.347 e. The standard InChI is InChI=1S/C20H27N7O/c1-6-26(7-2)19-22-18(25(4)5)23-20(24-19)27-13(3)16(28)15(17(27)21)14-11-9-8-10-12-14/h8-13,15,21H,6-7H2,1-5H3. The highest BCUT2D eigenvalue weighted by molar-refractivity contribution is 6.23. The van der Waals surface area contributed by atoms with Crippen LogP contribution in [-0.2, 0) is 4.79 Å². The SMILES string of the molecule is CCN(CC)c1nc(N(C)C)nc(N2C(=N)C(c3ccccc3)C(=O)C2C)n1. The van der Waals surface area contributed by atoms with Gasteiger partial charge in [-0.3, -0.25) is 15.1 Å². The van der Waals surface area contributed by atoms with Crippen molar-refractivity contribution in [2.45, 2.75) is 32.7 Å². The number of aromatic nitrogens is 3. The molecule has 8 nitrogen and oxygen atoms in total. The molecule has 0 amide bonds. The smallest absolute Gasteiger partial charge is 0.238 e. The Balaban J connectivity index is 2.07. The Labute approximate surface area is 165 Å². The van der Waals surface area contributed by atoms with Gasteiger partial charge >= 0.3 is 0 Å². The Morgan fingerprint density at radius 1 is 1.04 bits per heavy atom. The second kappa shape index (κ2) is 7.92. The third-order valence-electron chi connectivity index (χ3n) is 5.01. The molecule has 0 aliphatic carbocycles. The normalized spacial score (nSPS) is 19.2. The van der Waals surface area contributed by atoms with Gasteiger partial charge in [0.1, 0.15) is 11.8 Å². The number of Topliss-reactive ketones (excluding diaryl/α,β-unsaturated/α-hetero) is 1. The van der Waals surface area contributed by atoms with Gasteiger partial charge in [0.15, 0.2) is 5.78 Å². The average molecular weight is 381 g/mol. The molecule has 8 heteroatoms. The third-order valence-corrected chi connectivity index (χ3v) is 5.01. The molecule has 148 valence electrons. The second-order valence-corrected chi connectivity index (χ2v) is 6.98. The lowest BCUT2D eigenvalue weighted by atomic mass is 9.95. The lowest BCUT2D eigenvalue weighted by molar-refractivity contribution is -0.118. The van der Waals surface area contributed by atoms with Crippen LogP contribution in [0.15, 0.2) is 30.3 Å². The summed E-state index contributed by atoms with van der Waals surface area (Å²) in [5, 5.41) is 8.72. The predicted octanol–water partition coefficient (Wildman–Crippen LogP) is 2.32. The molecule has 1 aliphatic rings. The summed E-state index contributed by atoms with van der Waals surface area (Å²) in [6, 6.07) is 8.92. The van der Waals surface area contributed by atoms with E-state index in [1.165, 1.54) is 0 Å². The van der Waals surface area contributed by atoms with Crippen molar-refractivity contribution >= 4 is 29.5 Å². The van der Waals surface area contributed by atoms with Crippen molar-refractivity contribution in [2.75, 3.05) is 41.9 Å². The Kier molecular flexibility index (Phi) is 5.58. The summed E-state index contributed by atoms with van der Waals surface area (Å²) in [6.07, 6.45) is 0. The predicted molar refractivity (Wildman–Crippen MR) is 112 cm³/mol.